The maximum atomic E-state index is 14.5. The standard InChI is InChI=1S/C40H56F2N4O3/c1-35(2)15-17-40(34(49)43-21-27-23-46(45-44-27)22-25-7-8-26(41)19-30(25)42)18-16-38(5)28(29(40)20-35)9-10-32-36(3)13-12-33(48)37(4,24-47)31(36)11-14-39(32,38)6/h7-9,19,23,29,31-33,47-48H,10-18,20-22,24H2,1-6H3,(H,43,49)/t29-,31+,32+,33-,36-,37-,38+,39+,40-/m0/s1. The number of aliphatic hydroxyl groups excluding tert-OH is 2. The van der Waals surface area contributed by atoms with Crippen molar-refractivity contribution in [3.05, 3.63) is 58.9 Å². The summed E-state index contributed by atoms with van der Waals surface area (Å²) in [6.07, 6.45) is 13.2. The van der Waals surface area contributed by atoms with Crippen LogP contribution in [0.1, 0.15) is 117 Å². The normalized spacial score (nSPS) is 41.1. The van der Waals surface area contributed by atoms with Gasteiger partial charge in [0.05, 0.1) is 37.4 Å². The van der Waals surface area contributed by atoms with Gasteiger partial charge in [0.1, 0.15) is 17.3 Å². The average Bonchev–Trinajstić information content (AvgIpc) is 3.50. The Balaban J connectivity index is 1.15. The summed E-state index contributed by atoms with van der Waals surface area (Å²) in [7, 11) is 0. The van der Waals surface area contributed by atoms with Crippen molar-refractivity contribution in [2.45, 2.75) is 125 Å². The quantitative estimate of drug-likeness (QED) is 0.278. The number of fused-ring (bicyclic) bond motifs is 7. The summed E-state index contributed by atoms with van der Waals surface area (Å²) in [5.74, 6) is -0.259. The molecule has 9 atom stereocenters. The highest BCUT2D eigenvalue weighted by atomic mass is 19.1. The van der Waals surface area contributed by atoms with Gasteiger partial charge in [0.2, 0.25) is 5.91 Å². The third-order valence-corrected chi connectivity index (χ3v) is 15.6. The van der Waals surface area contributed by atoms with Gasteiger partial charge < -0.3 is 15.5 Å². The summed E-state index contributed by atoms with van der Waals surface area (Å²) in [4.78, 5) is 14.5. The summed E-state index contributed by atoms with van der Waals surface area (Å²) in [6, 6.07) is 3.51. The zero-order valence-corrected chi connectivity index (χ0v) is 30.3. The molecule has 7 rings (SSSR count). The minimum absolute atomic E-state index is 0.0219. The van der Waals surface area contributed by atoms with E-state index < -0.39 is 28.6 Å². The second kappa shape index (κ2) is 11.7. The number of nitrogens with one attached hydrogen (secondary N) is 1. The van der Waals surface area contributed by atoms with E-state index in [2.05, 4.69) is 63.2 Å². The molecule has 3 N–H and O–H groups in total. The van der Waals surface area contributed by atoms with Crippen molar-refractivity contribution in [2.75, 3.05) is 6.61 Å². The molecule has 49 heavy (non-hydrogen) atoms. The lowest BCUT2D eigenvalue weighted by atomic mass is 9.33. The third-order valence-electron chi connectivity index (χ3n) is 15.6. The monoisotopic (exact) mass is 678 g/mol. The van der Waals surface area contributed by atoms with Gasteiger partial charge in [0.15, 0.2) is 0 Å². The highest BCUT2D eigenvalue weighted by Gasteiger charge is 2.69. The van der Waals surface area contributed by atoms with Crippen molar-refractivity contribution in [1.82, 2.24) is 20.3 Å². The maximum Gasteiger partial charge on any atom is 0.227 e. The van der Waals surface area contributed by atoms with Crippen LogP contribution in [0.3, 0.4) is 0 Å². The molecule has 268 valence electrons. The van der Waals surface area contributed by atoms with Gasteiger partial charge in [-0.3, -0.25) is 4.79 Å². The zero-order chi connectivity index (χ0) is 35.2. The largest absolute Gasteiger partial charge is 0.396 e. The van der Waals surface area contributed by atoms with Crippen LogP contribution in [0.5, 0.6) is 0 Å². The van der Waals surface area contributed by atoms with Crippen LogP contribution in [-0.2, 0) is 17.9 Å². The molecule has 7 nitrogen and oxygen atoms in total. The third kappa shape index (κ3) is 5.17. The second-order valence-corrected chi connectivity index (χ2v) is 18.4. The molecule has 0 spiro atoms. The predicted octanol–water partition coefficient (Wildman–Crippen LogP) is 7.36. The fourth-order valence-electron chi connectivity index (χ4n) is 12.3. The Morgan fingerprint density at radius 2 is 1.76 bits per heavy atom. The maximum absolute atomic E-state index is 14.5. The lowest BCUT2D eigenvalue weighted by Crippen LogP contribution is -2.66. The number of benzene rings is 1. The topological polar surface area (TPSA) is 100 Å². The molecule has 4 fully saturated rings. The van der Waals surface area contributed by atoms with Crippen molar-refractivity contribution >= 4 is 5.91 Å². The van der Waals surface area contributed by atoms with Gasteiger partial charge in [-0.1, -0.05) is 64.5 Å². The van der Waals surface area contributed by atoms with E-state index in [1.54, 1.807) is 6.20 Å². The summed E-state index contributed by atoms with van der Waals surface area (Å²) in [5, 5.41) is 33.3. The van der Waals surface area contributed by atoms with Gasteiger partial charge in [0.25, 0.3) is 0 Å². The first-order valence-electron chi connectivity index (χ1n) is 18.6. The highest BCUT2D eigenvalue weighted by Crippen LogP contribution is 2.75. The van der Waals surface area contributed by atoms with Gasteiger partial charge >= 0.3 is 0 Å². The molecule has 4 saturated carbocycles. The van der Waals surface area contributed by atoms with E-state index in [-0.39, 0.29) is 59.1 Å². The van der Waals surface area contributed by atoms with Crippen LogP contribution < -0.4 is 5.32 Å². The molecule has 2 aromatic rings. The number of hydrogen-bond acceptors (Lipinski definition) is 5. The average molecular weight is 679 g/mol. The molecule has 1 heterocycles. The Labute approximate surface area is 290 Å². The number of nitrogens with zero attached hydrogens (tertiary/aromatic N) is 3. The van der Waals surface area contributed by atoms with Gasteiger partial charge in [0, 0.05) is 17.0 Å². The molecular weight excluding hydrogens is 622 g/mol. The molecule has 1 aromatic carbocycles. The first-order valence-corrected chi connectivity index (χ1v) is 18.6. The number of rotatable bonds is 6. The number of carbonyl (C=O) groups is 1. The number of hydrogen-bond donors (Lipinski definition) is 3. The van der Waals surface area contributed by atoms with Crippen molar-refractivity contribution in [2.24, 2.45) is 50.2 Å². The second-order valence-electron chi connectivity index (χ2n) is 18.4. The number of carbonyl (C=O) groups excluding carboxylic acids is 1. The van der Waals surface area contributed by atoms with Gasteiger partial charge in [-0.15, -0.1) is 5.10 Å². The smallest absolute Gasteiger partial charge is 0.227 e. The number of allylic oxidation sites excluding steroid dienone is 2. The van der Waals surface area contributed by atoms with Crippen LogP contribution in [0.2, 0.25) is 0 Å². The molecule has 0 bridgehead atoms. The molecule has 0 unspecified atom stereocenters. The van der Waals surface area contributed by atoms with E-state index >= 15 is 0 Å². The van der Waals surface area contributed by atoms with Crippen LogP contribution in [0.15, 0.2) is 36.0 Å². The number of aromatic nitrogens is 3. The molecule has 1 amide bonds. The molecule has 0 radical (unpaired) electrons. The molecule has 0 saturated heterocycles. The minimum atomic E-state index is -0.625. The minimum Gasteiger partial charge on any atom is -0.396 e. The molecule has 9 heteroatoms. The van der Waals surface area contributed by atoms with E-state index in [9.17, 15) is 23.8 Å². The fourth-order valence-corrected chi connectivity index (χ4v) is 12.3. The number of amides is 1. The van der Waals surface area contributed by atoms with Gasteiger partial charge in [-0.2, -0.15) is 0 Å². The van der Waals surface area contributed by atoms with Crippen LogP contribution in [0, 0.1) is 61.9 Å². The highest BCUT2D eigenvalue weighted by molar-refractivity contribution is 5.84. The van der Waals surface area contributed by atoms with Crippen LogP contribution in [-0.4, -0.2) is 43.8 Å². The first kappa shape index (κ1) is 34.8. The van der Waals surface area contributed by atoms with Crippen molar-refractivity contribution in [1.29, 1.82) is 0 Å². The van der Waals surface area contributed by atoms with E-state index in [0.717, 1.165) is 70.3 Å². The number of halogens is 2. The molecule has 5 aliphatic rings. The summed E-state index contributed by atoms with van der Waals surface area (Å²) in [6.45, 7) is 14.7. The molecule has 0 aliphatic heterocycles. The van der Waals surface area contributed by atoms with E-state index in [1.807, 2.05) is 0 Å². The van der Waals surface area contributed by atoms with Crippen LogP contribution >= 0.6 is 0 Å². The van der Waals surface area contributed by atoms with E-state index in [4.69, 9.17) is 0 Å². The van der Waals surface area contributed by atoms with Gasteiger partial charge in [-0.25, -0.2) is 13.5 Å². The predicted molar refractivity (Wildman–Crippen MR) is 184 cm³/mol. The fraction of sp³-hybridized carbons (Fsp3) is 0.725. The van der Waals surface area contributed by atoms with Crippen molar-refractivity contribution in [3.63, 3.8) is 0 Å². The van der Waals surface area contributed by atoms with Crippen molar-refractivity contribution < 1.29 is 23.8 Å². The Morgan fingerprint density at radius 1 is 1.00 bits per heavy atom. The SMILES string of the molecule is CC1(C)CC[C@]2(C(=O)NCc3cn(Cc4ccc(F)cc4F)nn3)CC[C@]3(C)C(=CC[C@@H]4[C@@]5(C)CC[C@H](O)[C@@](C)(CO)[C@@H]5CC[C@]43C)[C@@H]2C1. The molecule has 5 aliphatic carbocycles. The molecular formula is C40H56F2N4O3. The van der Waals surface area contributed by atoms with Gasteiger partial charge in [-0.05, 0) is 110 Å². The van der Waals surface area contributed by atoms with Crippen LogP contribution in [0.25, 0.3) is 0 Å². The lowest BCUT2D eigenvalue weighted by Gasteiger charge is -2.71. The first-order chi connectivity index (χ1) is 23.0. The Bertz CT molecular complexity index is 1660. The molecule has 1 aromatic heterocycles. The van der Waals surface area contributed by atoms with Crippen molar-refractivity contribution in [3.8, 4) is 0 Å². The summed E-state index contributed by atoms with van der Waals surface area (Å²) >= 11 is 0. The summed E-state index contributed by atoms with van der Waals surface area (Å²) < 4.78 is 29.1. The zero-order valence-electron chi connectivity index (χ0n) is 30.3. The Kier molecular flexibility index (Phi) is 8.30. The Hall–Kier alpha value is -2.65. The van der Waals surface area contributed by atoms with E-state index in [1.165, 1.54) is 22.4 Å². The van der Waals surface area contributed by atoms with Crippen LogP contribution in [0.4, 0.5) is 8.78 Å². The lowest BCUT2D eigenvalue weighted by molar-refractivity contribution is -0.215. The number of aliphatic hydroxyl groups is 2. The summed E-state index contributed by atoms with van der Waals surface area (Å²) in [5.41, 5.74) is 1.66. The Morgan fingerprint density at radius 3 is 2.49 bits per heavy atom. The van der Waals surface area contributed by atoms with E-state index in [0.29, 0.717) is 17.2 Å².